The van der Waals surface area contributed by atoms with Gasteiger partial charge in [0.2, 0.25) is 5.91 Å². The Morgan fingerprint density at radius 3 is 2.76 bits per heavy atom. The van der Waals surface area contributed by atoms with E-state index in [-0.39, 0.29) is 18.3 Å². The van der Waals surface area contributed by atoms with Gasteiger partial charge < -0.3 is 20.9 Å². The first kappa shape index (κ1) is 13.8. The molecule has 1 aliphatic rings. The summed E-state index contributed by atoms with van der Waals surface area (Å²) in [5, 5.41) is 20.4. The average Bonchev–Trinajstić information content (AvgIpc) is 2.75. The van der Waals surface area contributed by atoms with E-state index in [1.165, 1.54) is 0 Å². The average molecular weight is 243 g/mol. The van der Waals surface area contributed by atoms with E-state index < -0.39 is 5.41 Å². The van der Waals surface area contributed by atoms with Crippen molar-refractivity contribution < 1.29 is 15.1 Å². The van der Waals surface area contributed by atoms with Gasteiger partial charge in [-0.05, 0) is 32.6 Å². The van der Waals surface area contributed by atoms with E-state index in [1.54, 1.807) is 18.7 Å². The minimum Gasteiger partial charge on any atom is -0.409 e. The first-order valence-electron chi connectivity index (χ1n) is 5.81. The minimum absolute atomic E-state index is 0.0758. The van der Waals surface area contributed by atoms with Gasteiger partial charge in [-0.1, -0.05) is 5.16 Å². The number of likely N-dealkylation sites (tertiary alicyclic amines) is 1. The number of carbonyl (C=O) groups excluding carboxylic acids is 1. The second kappa shape index (κ2) is 5.35. The molecular formula is C11H21N3O3. The molecule has 0 aromatic rings. The molecule has 1 saturated heterocycles. The van der Waals surface area contributed by atoms with Crippen LogP contribution in [-0.2, 0) is 4.79 Å². The number of aliphatic hydroxyl groups is 1. The van der Waals surface area contributed by atoms with Crippen LogP contribution in [0.3, 0.4) is 0 Å². The number of oxime groups is 1. The SMILES string of the molecule is CC(C)(C(=O)N1CCC(CCO)C1)C(N)=NO. The smallest absolute Gasteiger partial charge is 0.235 e. The summed E-state index contributed by atoms with van der Waals surface area (Å²) in [6, 6.07) is 0. The van der Waals surface area contributed by atoms with Gasteiger partial charge in [0.25, 0.3) is 0 Å². The first-order valence-corrected chi connectivity index (χ1v) is 5.81. The molecule has 1 atom stereocenters. The molecule has 0 spiro atoms. The summed E-state index contributed by atoms with van der Waals surface area (Å²) in [6.45, 7) is 4.75. The van der Waals surface area contributed by atoms with E-state index in [1.807, 2.05) is 0 Å². The van der Waals surface area contributed by atoms with E-state index in [9.17, 15) is 4.79 Å². The van der Waals surface area contributed by atoms with Crippen molar-refractivity contribution in [2.45, 2.75) is 26.7 Å². The number of hydrogen-bond donors (Lipinski definition) is 3. The molecule has 1 unspecified atom stereocenters. The monoisotopic (exact) mass is 243 g/mol. The molecule has 0 aromatic carbocycles. The Morgan fingerprint density at radius 2 is 2.24 bits per heavy atom. The fourth-order valence-electron chi connectivity index (χ4n) is 2.07. The maximum Gasteiger partial charge on any atom is 0.235 e. The Morgan fingerprint density at radius 1 is 1.59 bits per heavy atom. The van der Waals surface area contributed by atoms with Crippen molar-refractivity contribution in [2.75, 3.05) is 19.7 Å². The third-order valence-corrected chi connectivity index (χ3v) is 3.39. The third-order valence-electron chi connectivity index (χ3n) is 3.39. The molecule has 0 radical (unpaired) electrons. The van der Waals surface area contributed by atoms with Crippen LogP contribution in [0.4, 0.5) is 0 Å². The molecule has 0 aliphatic carbocycles. The van der Waals surface area contributed by atoms with Gasteiger partial charge in [-0.2, -0.15) is 0 Å². The lowest BCUT2D eigenvalue weighted by Crippen LogP contribution is -2.47. The summed E-state index contributed by atoms with van der Waals surface area (Å²) < 4.78 is 0. The van der Waals surface area contributed by atoms with Gasteiger partial charge in [-0.15, -0.1) is 0 Å². The molecular weight excluding hydrogens is 222 g/mol. The van der Waals surface area contributed by atoms with Gasteiger partial charge in [0.1, 0.15) is 5.41 Å². The molecule has 1 rings (SSSR count). The molecule has 6 nitrogen and oxygen atoms in total. The molecule has 1 aliphatic heterocycles. The van der Waals surface area contributed by atoms with E-state index in [0.29, 0.717) is 25.4 Å². The Kier molecular flexibility index (Phi) is 4.34. The summed E-state index contributed by atoms with van der Waals surface area (Å²) in [5.74, 6) is 0.147. The molecule has 98 valence electrons. The van der Waals surface area contributed by atoms with Crippen molar-refractivity contribution in [2.24, 2.45) is 22.2 Å². The second-order valence-electron chi connectivity index (χ2n) is 5.03. The minimum atomic E-state index is -0.983. The molecule has 1 heterocycles. The third kappa shape index (κ3) is 2.88. The Hall–Kier alpha value is -1.30. The highest BCUT2D eigenvalue weighted by atomic mass is 16.4. The number of amidine groups is 1. The number of rotatable bonds is 4. The second-order valence-corrected chi connectivity index (χ2v) is 5.03. The van der Waals surface area contributed by atoms with Crippen molar-refractivity contribution >= 4 is 11.7 Å². The van der Waals surface area contributed by atoms with E-state index in [2.05, 4.69) is 5.16 Å². The quantitative estimate of drug-likeness (QED) is 0.280. The summed E-state index contributed by atoms with van der Waals surface area (Å²) in [7, 11) is 0. The number of carbonyl (C=O) groups is 1. The van der Waals surface area contributed by atoms with E-state index >= 15 is 0 Å². The Bertz CT molecular complexity index is 315. The van der Waals surface area contributed by atoms with Gasteiger partial charge in [0, 0.05) is 19.7 Å². The lowest BCUT2D eigenvalue weighted by molar-refractivity contribution is -0.136. The van der Waals surface area contributed by atoms with Crippen LogP contribution in [0.2, 0.25) is 0 Å². The number of amides is 1. The van der Waals surface area contributed by atoms with Crippen LogP contribution in [0.5, 0.6) is 0 Å². The summed E-state index contributed by atoms with van der Waals surface area (Å²) in [4.78, 5) is 13.9. The van der Waals surface area contributed by atoms with Gasteiger partial charge in [0.05, 0.1) is 0 Å². The molecule has 0 aromatic heterocycles. The summed E-state index contributed by atoms with van der Waals surface area (Å²) >= 11 is 0. The largest absolute Gasteiger partial charge is 0.409 e. The van der Waals surface area contributed by atoms with Gasteiger partial charge in [-0.3, -0.25) is 4.79 Å². The van der Waals surface area contributed by atoms with Crippen molar-refractivity contribution in [3.05, 3.63) is 0 Å². The molecule has 1 amide bonds. The molecule has 0 bridgehead atoms. The maximum atomic E-state index is 12.2. The summed E-state index contributed by atoms with van der Waals surface area (Å²) in [5.41, 5.74) is 4.54. The lowest BCUT2D eigenvalue weighted by atomic mass is 9.90. The molecule has 17 heavy (non-hydrogen) atoms. The van der Waals surface area contributed by atoms with Crippen molar-refractivity contribution in [3.8, 4) is 0 Å². The van der Waals surface area contributed by atoms with Crippen LogP contribution in [0.15, 0.2) is 5.16 Å². The Balaban J connectivity index is 2.66. The van der Waals surface area contributed by atoms with Crippen LogP contribution in [0.25, 0.3) is 0 Å². The number of nitrogens with two attached hydrogens (primary N) is 1. The molecule has 6 heteroatoms. The van der Waals surface area contributed by atoms with Gasteiger partial charge in [0.15, 0.2) is 5.84 Å². The zero-order chi connectivity index (χ0) is 13.1. The summed E-state index contributed by atoms with van der Waals surface area (Å²) in [6.07, 6.45) is 1.62. The fourth-order valence-corrected chi connectivity index (χ4v) is 2.07. The molecule has 0 saturated carbocycles. The first-order chi connectivity index (χ1) is 7.93. The molecule has 1 fully saturated rings. The number of hydrogen-bond acceptors (Lipinski definition) is 4. The van der Waals surface area contributed by atoms with Crippen LogP contribution in [0.1, 0.15) is 26.7 Å². The Labute approximate surface area is 101 Å². The van der Waals surface area contributed by atoms with Crippen LogP contribution in [-0.4, -0.2) is 46.7 Å². The lowest BCUT2D eigenvalue weighted by Gasteiger charge is -2.28. The van der Waals surface area contributed by atoms with Gasteiger partial charge >= 0.3 is 0 Å². The van der Waals surface area contributed by atoms with Gasteiger partial charge in [-0.25, -0.2) is 0 Å². The topological polar surface area (TPSA) is 99.2 Å². The van der Waals surface area contributed by atoms with Crippen molar-refractivity contribution in [1.82, 2.24) is 4.90 Å². The van der Waals surface area contributed by atoms with Crippen molar-refractivity contribution in [1.29, 1.82) is 0 Å². The van der Waals surface area contributed by atoms with E-state index in [0.717, 1.165) is 6.42 Å². The highest BCUT2D eigenvalue weighted by Gasteiger charge is 2.38. The zero-order valence-corrected chi connectivity index (χ0v) is 10.4. The predicted octanol–water partition coefficient (Wildman–Crippen LogP) is -0.0101. The van der Waals surface area contributed by atoms with Crippen molar-refractivity contribution in [3.63, 3.8) is 0 Å². The predicted molar refractivity (Wildman–Crippen MR) is 63.6 cm³/mol. The molecule has 4 N–H and O–H groups in total. The van der Waals surface area contributed by atoms with Crippen LogP contribution in [0, 0.1) is 11.3 Å². The standard InChI is InChI=1S/C11H21N3O3/c1-11(2,9(12)13-17)10(16)14-5-3-8(7-14)4-6-15/h8,15,17H,3-7H2,1-2H3,(H2,12,13). The zero-order valence-electron chi connectivity index (χ0n) is 10.4. The van der Waals surface area contributed by atoms with Crippen LogP contribution >= 0.6 is 0 Å². The fraction of sp³-hybridized carbons (Fsp3) is 0.818. The maximum absolute atomic E-state index is 12.2. The number of nitrogens with zero attached hydrogens (tertiary/aromatic N) is 2. The highest BCUT2D eigenvalue weighted by molar-refractivity contribution is 6.05. The van der Waals surface area contributed by atoms with Crippen LogP contribution < -0.4 is 5.73 Å². The number of aliphatic hydroxyl groups excluding tert-OH is 1. The normalized spacial score (nSPS) is 21.9. The highest BCUT2D eigenvalue weighted by Crippen LogP contribution is 2.26. The van der Waals surface area contributed by atoms with E-state index in [4.69, 9.17) is 16.0 Å².